The predicted molar refractivity (Wildman–Crippen MR) is 72.6 cm³/mol. The number of hydrogen-bond acceptors (Lipinski definition) is 5. The maximum absolute atomic E-state index is 11.8. The van der Waals surface area contributed by atoms with E-state index in [1.54, 1.807) is 12.1 Å². The summed E-state index contributed by atoms with van der Waals surface area (Å²) in [7, 11) is 0. The lowest BCUT2D eigenvalue weighted by molar-refractivity contribution is 0.0581. The second-order valence-corrected chi connectivity index (χ2v) is 4.61. The lowest BCUT2D eigenvalue weighted by Gasteiger charge is -2.11. The van der Waals surface area contributed by atoms with Gasteiger partial charge in [-0.1, -0.05) is 12.8 Å². The molecule has 104 valence electrons. The molecule has 6 heteroatoms. The molecule has 2 rings (SSSR count). The topological polar surface area (TPSA) is 89.3 Å². The number of pyridine rings is 1. The molecule has 1 aromatic rings. The smallest absolute Gasteiger partial charge is 0.269 e. The van der Waals surface area contributed by atoms with Crippen LogP contribution in [-0.4, -0.2) is 30.1 Å². The number of hydrazine groups is 1. The number of rotatable bonds is 6. The van der Waals surface area contributed by atoms with Gasteiger partial charge < -0.3 is 15.5 Å². The maximum atomic E-state index is 11.8. The fourth-order valence-electron chi connectivity index (χ4n) is 2.15. The van der Waals surface area contributed by atoms with Crippen molar-refractivity contribution in [3.05, 3.63) is 24.0 Å². The number of hydrogen-bond donors (Lipinski definition) is 3. The zero-order chi connectivity index (χ0) is 13.5. The highest BCUT2D eigenvalue weighted by molar-refractivity contribution is 5.92. The van der Waals surface area contributed by atoms with Gasteiger partial charge in [0, 0.05) is 6.54 Å². The predicted octanol–water partition coefficient (Wildman–Crippen LogP) is 1.06. The third kappa shape index (κ3) is 4.18. The summed E-state index contributed by atoms with van der Waals surface area (Å²) in [6.07, 6.45) is 6.69. The van der Waals surface area contributed by atoms with Gasteiger partial charge in [-0.15, -0.1) is 0 Å². The van der Waals surface area contributed by atoms with Gasteiger partial charge in [-0.05, 0) is 25.0 Å². The van der Waals surface area contributed by atoms with E-state index in [4.69, 9.17) is 10.6 Å². The fourth-order valence-corrected chi connectivity index (χ4v) is 2.15. The van der Waals surface area contributed by atoms with Crippen LogP contribution in [0.3, 0.4) is 0 Å². The standard InChI is InChI=1S/C13H20N4O2/c14-17-10-5-6-12(16-9-10)13(18)15-7-8-19-11-3-1-2-4-11/h5-6,9,11,17H,1-4,7-8,14H2,(H,15,18). The Labute approximate surface area is 112 Å². The highest BCUT2D eigenvalue weighted by atomic mass is 16.5. The molecule has 1 aliphatic carbocycles. The number of nitrogen functional groups attached to an aromatic ring is 1. The van der Waals surface area contributed by atoms with E-state index in [0.717, 1.165) is 12.8 Å². The third-order valence-electron chi connectivity index (χ3n) is 3.21. The molecule has 6 nitrogen and oxygen atoms in total. The summed E-state index contributed by atoms with van der Waals surface area (Å²) in [6.45, 7) is 1.06. The first-order valence-corrected chi connectivity index (χ1v) is 6.62. The van der Waals surface area contributed by atoms with Gasteiger partial charge in [-0.25, -0.2) is 4.98 Å². The molecule has 0 unspecified atom stereocenters. The number of ether oxygens (including phenoxy) is 1. The van der Waals surface area contributed by atoms with Crippen molar-refractivity contribution in [2.45, 2.75) is 31.8 Å². The van der Waals surface area contributed by atoms with Crippen molar-refractivity contribution in [1.82, 2.24) is 10.3 Å². The van der Waals surface area contributed by atoms with Crippen LogP contribution in [0.1, 0.15) is 36.2 Å². The molecule has 1 saturated carbocycles. The van der Waals surface area contributed by atoms with Crippen LogP contribution in [0.25, 0.3) is 0 Å². The van der Waals surface area contributed by atoms with Crippen LogP contribution < -0.4 is 16.6 Å². The Hall–Kier alpha value is -1.66. The van der Waals surface area contributed by atoms with E-state index < -0.39 is 0 Å². The summed E-state index contributed by atoms with van der Waals surface area (Å²) in [5.74, 6) is 5.03. The van der Waals surface area contributed by atoms with E-state index in [2.05, 4.69) is 15.7 Å². The number of carbonyl (C=O) groups excluding carboxylic acids is 1. The highest BCUT2D eigenvalue weighted by Crippen LogP contribution is 2.20. The Morgan fingerprint density at radius 1 is 1.42 bits per heavy atom. The first kappa shape index (κ1) is 13.8. The molecular weight excluding hydrogens is 244 g/mol. The molecule has 0 spiro atoms. The molecule has 0 aromatic carbocycles. The Balaban J connectivity index is 1.68. The summed E-state index contributed by atoms with van der Waals surface area (Å²) in [6, 6.07) is 3.33. The zero-order valence-corrected chi connectivity index (χ0v) is 10.9. The number of nitrogens with one attached hydrogen (secondary N) is 2. The normalized spacial score (nSPS) is 15.4. The summed E-state index contributed by atoms with van der Waals surface area (Å²) in [5, 5.41) is 2.78. The molecule has 1 amide bonds. The van der Waals surface area contributed by atoms with Gasteiger partial charge in [0.25, 0.3) is 5.91 Å². The molecule has 0 radical (unpaired) electrons. The lowest BCUT2D eigenvalue weighted by atomic mass is 10.3. The Bertz CT molecular complexity index is 402. The number of nitrogens with zero attached hydrogens (tertiary/aromatic N) is 1. The van der Waals surface area contributed by atoms with Crippen LogP contribution in [0.15, 0.2) is 18.3 Å². The van der Waals surface area contributed by atoms with E-state index >= 15 is 0 Å². The molecule has 0 atom stereocenters. The number of amides is 1. The van der Waals surface area contributed by atoms with Crippen molar-refractivity contribution in [2.24, 2.45) is 5.84 Å². The summed E-state index contributed by atoms with van der Waals surface area (Å²) in [4.78, 5) is 15.8. The lowest BCUT2D eigenvalue weighted by Crippen LogP contribution is -2.29. The van der Waals surface area contributed by atoms with Crippen LogP contribution >= 0.6 is 0 Å². The number of carbonyl (C=O) groups is 1. The van der Waals surface area contributed by atoms with Crippen LogP contribution in [0, 0.1) is 0 Å². The molecule has 0 saturated heterocycles. The molecule has 0 bridgehead atoms. The molecule has 4 N–H and O–H groups in total. The van der Waals surface area contributed by atoms with Gasteiger partial charge in [-0.3, -0.25) is 10.6 Å². The molecule has 1 heterocycles. The van der Waals surface area contributed by atoms with Crippen LogP contribution in [0.4, 0.5) is 5.69 Å². The minimum atomic E-state index is -0.196. The molecule has 0 aliphatic heterocycles. The van der Waals surface area contributed by atoms with E-state index in [1.165, 1.54) is 19.0 Å². The Kier molecular flexibility index (Phi) is 5.11. The fraction of sp³-hybridized carbons (Fsp3) is 0.538. The van der Waals surface area contributed by atoms with Gasteiger partial charge in [0.2, 0.25) is 0 Å². The van der Waals surface area contributed by atoms with E-state index in [1.807, 2.05) is 0 Å². The number of anilines is 1. The van der Waals surface area contributed by atoms with Crippen molar-refractivity contribution >= 4 is 11.6 Å². The molecule has 1 aliphatic rings. The van der Waals surface area contributed by atoms with Crippen molar-refractivity contribution in [3.8, 4) is 0 Å². The maximum Gasteiger partial charge on any atom is 0.269 e. The first-order chi connectivity index (χ1) is 9.29. The average Bonchev–Trinajstić information content (AvgIpc) is 2.96. The number of nitrogens with two attached hydrogens (primary N) is 1. The van der Waals surface area contributed by atoms with Gasteiger partial charge in [0.15, 0.2) is 0 Å². The van der Waals surface area contributed by atoms with Crippen molar-refractivity contribution in [1.29, 1.82) is 0 Å². The Morgan fingerprint density at radius 2 is 2.21 bits per heavy atom. The van der Waals surface area contributed by atoms with Crippen molar-refractivity contribution < 1.29 is 9.53 Å². The average molecular weight is 264 g/mol. The zero-order valence-electron chi connectivity index (χ0n) is 10.9. The summed E-state index contributed by atoms with van der Waals surface area (Å²) >= 11 is 0. The second-order valence-electron chi connectivity index (χ2n) is 4.61. The Morgan fingerprint density at radius 3 is 2.84 bits per heavy atom. The SMILES string of the molecule is NNc1ccc(C(=O)NCCOC2CCCC2)nc1. The first-order valence-electron chi connectivity index (χ1n) is 6.62. The van der Waals surface area contributed by atoms with Crippen molar-refractivity contribution in [2.75, 3.05) is 18.6 Å². The largest absolute Gasteiger partial charge is 0.376 e. The quantitative estimate of drug-likeness (QED) is 0.406. The van der Waals surface area contributed by atoms with Gasteiger partial charge in [0.1, 0.15) is 5.69 Å². The van der Waals surface area contributed by atoms with E-state index in [-0.39, 0.29) is 5.91 Å². The van der Waals surface area contributed by atoms with Gasteiger partial charge >= 0.3 is 0 Å². The molecular formula is C13H20N4O2. The summed E-state index contributed by atoms with van der Waals surface area (Å²) < 4.78 is 5.66. The van der Waals surface area contributed by atoms with Crippen LogP contribution in [0.5, 0.6) is 0 Å². The minimum absolute atomic E-state index is 0.196. The number of aromatic nitrogens is 1. The monoisotopic (exact) mass is 264 g/mol. The van der Waals surface area contributed by atoms with Crippen LogP contribution in [0.2, 0.25) is 0 Å². The van der Waals surface area contributed by atoms with E-state index in [9.17, 15) is 4.79 Å². The van der Waals surface area contributed by atoms with E-state index in [0.29, 0.717) is 30.6 Å². The third-order valence-corrected chi connectivity index (χ3v) is 3.21. The second kappa shape index (κ2) is 7.06. The van der Waals surface area contributed by atoms with Gasteiger partial charge in [0.05, 0.1) is 24.6 Å². The molecule has 1 aromatic heterocycles. The van der Waals surface area contributed by atoms with Crippen LogP contribution in [-0.2, 0) is 4.74 Å². The van der Waals surface area contributed by atoms with Crippen molar-refractivity contribution in [3.63, 3.8) is 0 Å². The molecule has 19 heavy (non-hydrogen) atoms. The molecule has 1 fully saturated rings. The van der Waals surface area contributed by atoms with Gasteiger partial charge in [-0.2, -0.15) is 0 Å². The summed E-state index contributed by atoms with van der Waals surface area (Å²) in [5.41, 5.74) is 3.51. The minimum Gasteiger partial charge on any atom is -0.376 e. The highest BCUT2D eigenvalue weighted by Gasteiger charge is 2.15.